The molecule has 0 bridgehead atoms. The quantitative estimate of drug-likeness (QED) is 0.591. The predicted molar refractivity (Wildman–Crippen MR) is 52.4 cm³/mol. The summed E-state index contributed by atoms with van der Waals surface area (Å²) in [5.74, 6) is 0. The molecule has 0 fully saturated rings. The molecular weight excluding hydrogens is 144 g/mol. The third-order valence-corrected chi connectivity index (χ3v) is 1.61. The minimum Gasteiger partial charge on any atom is -0.0654 e. The van der Waals surface area contributed by atoms with Gasteiger partial charge in [-0.2, -0.15) is 0 Å². The van der Waals surface area contributed by atoms with Gasteiger partial charge in [0.05, 0.1) is 0 Å². The molecule has 0 saturated heterocycles. The predicted octanol–water partition coefficient (Wildman–Crippen LogP) is 1.91. The first-order valence-electron chi connectivity index (χ1n) is 3.88. The Morgan fingerprint density at radius 1 is 1.27 bits per heavy atom. The summed E-state index contributed by atoms with van der Waals surface area (Å²) in [6.45, 7) is 2.22. The highest BCUT2D eigenvalue weighted by atomic mass is 24.3. The molecule has 0 aliphatic heterocycles. The lowest BCUT2D eigenvalue weighted by atomic mass is 10.1. The second kappa shape index (κ2) is 6.68. The van der Waals surface area contributed by atoms with E-state index in [0.717, 1.165) is 0 Å². The van der Waals surface area contributed by atoms with Crippen molar-refractivity contribution in [2.45, 2.75) is 26.2 Å². The number of unbranched alkanes of at least 4 members (excludes halogenated alkanes) is 1. The highest BCUT2D eigenvalue weighted by molar-refractivity contribution is 5.75. The minimum absolute atomic E-state index is 0. The second-order valence-electron chi connectivity index (χ2n) is 2.51. The van der Waals surface area contributed by atoms with E-state index in [2.05, 4.69) is 25.1 Å². The zero-order valence-corrected chi connectivity index (χ0v) is 6.43. The molecule has 0 spiro atoms. The first-order chi connectivity index (χ1) is 4.93. The topological polar surface area (TPSA) is 0 Å². The molecule has 0 aromatic heterocycles. The van der Waals surface area contributed by atoms with Crippen molar-refractivity contribution < 1.29 is 0 Å². The SMILES string of the molecule is CCCCc1cc[c]cc1.[MgH2]. The Morgan fingerprint density at radius 2 is 1.91 bits per heavy atom. The summed E-state index contributed by atoms with van der Waals surface area (Å²) in [6.07, 6.45) is 3.79. The molecule has 1 heteroatoms. The third-order valence-electron chi connectivity index (χ3n) is 1.61. The van der Waals surface area contributed by atoms with Gasteiger partial charge < -0.3 is 0 Å². The molecule has 0 aliphatic rings. The highest BCUT2D eigenvalue weighted by Gasteiger charge is 1.87. The van der Waals surface area contributed by atoms with E-state index in [9.17, 15) is 0 Å². The summed E-state index contributed by atoms with van der Waals surface area (Å²) < 4.78 is 0. The summed E-state index contributed by atoms with van der Waals surface area (Å²) in [5, 5.41) is 0. The number of rotatable bonds is 3. The van der Waals surface area contributed by atoms with Crippen LogP contribution in [0.2, 0.25) is 0 Å². The molecular formula is C10H15Mg. The van der Waals surface area contributed by atoms with Crippen LogP contribution in [-0.4, -0.2) is 23.1 Å². The van der Waals surface area contributed by atoms with E-state index in [1.807, 2.05) is 12.1 Å². The van der Waals surface area contributed by atoms with Gasteiger partial charge in [-0.25, -0.2) is 0 Å². The van der Waals surface area contributed by atoms with Gasteiger partial charge in [0, 0.05) is 0 Å². The fourth-order valence-electron chi connectivity index (χ4n) is 0.969. The molecule has 0 atom stereocenters. The van der Waals surface area contributed by atoms with Crippen LogP contribution in [0, 0.1) is 6.07 Å². The number of aryl methyl sites for hydroxylation is 1. The molecule has 1 rings (SSSR count). The van der Waals surface area contributed by atoms with Crippen LogP contribution in [0.15, 0.2) is 24.3 Å². The van der Waals surface area contributed by atoms with Crippen molar-refractivity contribution in [3.63, 3.8) is 0 Å². The maximum Gasteiger partial charge on any atom is 0.316 e. The zero-order chi connectivity index (χ0) is 7.23. The van der Waals surface area contributed by atoms with Gasteiger partial charge in [-0.15, -0.1) is 0 Å². The molecule has 1 aromatic rings. The molecule has 0 saturated carbocycles. The van der Waals surface area contributed by atoms with Crippen LogP contribution in [0.5, 0.6) is 0 Å². The lowest BCUT2D eigenvalue weighted by Crippen LogP contribution is -1.81. The number of benzene rings is 1. The van der Waals surface area contributed by atoms with Crippen molar-refractivity contribution in [3.8, 4) is 0 Å². The van der Waals surface area contributed by atoms with Gasteiger partial charge in [-0.05, 0) is 24.5 Å². The Hall–Kier alpha value is -0.0138. The lowest BCUT2D eigenvalue weighted by Gasteiger charge is -1.96. The molecule has 0 aliphatic carbocycles. The van der Waals surface area contributed by atoms with Gasteiger partial charge in [0.2, 0.25) is 0 Å². The summed E-state index contributed by atoms with van der Waals surface area (Å²) in [7, 11) is 0. The Kier molecular flexibility index (Phi) is 6.67. The fourth-order valence-corrected chi connectivity index (χ4v) is 0.969. The van der Waals surface area contributed by atoms with E-state index >= 15 is 0 Å². The summed E-state index contributed by atoms with van der Waals surface area (Å²) in [4.78, 5) is 0. The van der Waals surface area contributed by atoms with E-state index in [0.29, 0.717) is 0 Å². The third kappa shape index (κ3) is 4.43. The molecule has 0 amide bonds. The van der Waals surface area contributed by atoms with Gasteiger partial charge in [0.1, 0.15) is 0 Å². The van der Waals surface area contributed by atoms with Crippen LogP contribution in [0.1, 0.15) is 25.3 Å². The van der Waals surface area contributed by atoms with E-state index in [1.165, 1.54) is 24.8 Å². The van der Waals surface area contributed by atoms with Gasteiger partial charge in [-0.3, -0.25) is 0 Å². The van der Waals surface area contributed by atoms with Crippen LogP contribution < -0.4 is 0 Å². The Bertz CT molecular complexity index is 169. The monoisotopic (exact) mass is 159 g/mol. The average molecular weight is 160 g/mol. The first-order valence-corrected chi connectivity index (χ1v) is 3.88. The Labute approximate surface area is 85.2 Å². The smallest absolute Gasteiger partial charge is 0.0654 e. The van der Waals surface area contributed by atoms with Gasteiger partial charge >= 0.3 is 23.1 Å². The standard InChI is InChI=1S/C10H13.Mg.2H/c1-2-3-7-10-8-5-4-6-9-10;;;/h5-6,8-9H,2-3,7H2,1H3;;;. The van der Waals surface area contributed by atoms with Crippen molar-refractivity contribution in [1.29, 1.82) is 0 Å². The molecule has 0 N–H and O–H groups in total. The Morgan fingerprint density at radius 3 is 2.45 bits per heavy atom. The van der Waals surface area contributed by atoms with Gasteiger partial charge in [0.25, 0.3) is 0 Å². The number of hydrogen-bond donors (Lipinski definition) is 0. The number of hydrogen-bond acceptors (Lipinski definition) is 0. The molecule has 0 heterocycles. The maximum absolute atomic E-state index is 3.01. The van der Waals surface area contributed by atoms with Crippen molar-refractivity contribution in [2.75, 3.05) is 0 Å². The van der Waals surface area contributed by atoms with Crippen molar-refractivity contribution in [3.05, 3.63) is 35.9 Å². The lowest BCUT2D eigenvalue weighted by molar-refractivity contribution is 0.795. The summed E-state index contributed by atoms with van der Waals surface area (Å²) in [6, 6.07) is 11.2. The maximum atomic E-state index is 3.01. The minimum atomic E-state index is 0. The average Bonchev–Trinajstić information content (AvgIpc) is 2.03. The summed E-state index contributed by atoms with van der Waals surface area (Å²) >= 11 is 0. The van der Waals surface area contributed by atoms with Crippen molar-refractivity contribution in [2.24, 2.45) is 0 Å². The van der Waals surface area contributed by atoms with E-state index in [4.69, 9.17) is 0 Å². The van der Waals surface area contributed by atoms with E-state index in [-0.39, 0.29) is 23.1 Å². The molecule has 1 aromatic carbocycles. The van der Waals surface area contributed by atoms with Gasteiger partial charge in [0.15, 0.2) is 0 Å². The van der Waals surface area contributed by atoms with E-state index < -0.39 is 0 Å². The fraction of sp³-hybridized carbons (Fsp3) is 0.400. The second-order valence-corrected chi connectivity index (χ2v) is 2.51. The van der Waals surface area contributed by atoms with Crippen LogP contribution in [0.4, 0.5) is 0 Å². The summed E-state index contributed by atoms with van der Waals surface area (Å²) in [5.41, 5.74) is 1.43. The van der Waals surface area contributed by atoms with Crippen LogP contribution >= 0.6 is 0 Å². The van der Waals surface area contributed by atoms with Crippen LogP contribution in [0.25, 0.3) is 0 Å². The van der Waals surface area contributed by atoms with Crippen LogP contribution in [0.3, 0.4) is 0 Å². The molecule has 1 radical (unpaired) electrons. The molecule has 11 heavy (non-hydrogen) atoms. The Balaban J connectivity index is 0.000001000. The van der Waals surface area contributed by atoms with Crippen molar-refractivity contribution in [1.82, 2.24) is 0 Å². The van der Waals surface area contributed by atoms with Crippen LogP contribution in [-0.2, 0) is 6.42 Å². The molecule has 0 unspecified atom stereocenters. The zero-order valence-electron chi connectivity index (χ0n) is 6.43. The normalized spacial score (nSPS) is 8.82. The van der Waals surface area contributed by atoms with E-state index in [1.54, 1.807) is 0 Å². The van der Waals surface area contributed by atoms with Gasteiger partial charge in [-0.1, -0.05) is 37.6 Å². The van der Waals surface area contributed by atoms with Crippen molar-refractivity contribution >= 4 is 23.1 Å². The molecule has 0 nitrogen and oxygen atoms in total. The largest absolute Gasteiger partial charge is 0.316 e. The highest BCUT2D eigenvalue weighted by Crippen LogP contribution is 2.02. The first kappa shape index (κ1) is 11.0. The molecule has 57 valence electrons.